The van der Waals surface area contributed by atoms with Crippen LogP contribution in [0.4, 0.5) is 0 Å². The van der Waals surface area contributed by atoms with Crippen LogP contribution in [-0.2, 0) is 6.42 Å². The van der Waals surface area contributed by atoms with Crippen molar-refractivity contribution >= 4 is 11.0 Å². The maximum Gasteiger partial charge on any atom is 0.106 e. The summed E-state index contributed by atoms with van der Waals surface area (Å²) in [6.07, 6.45) is 2.82. The molecule has 0 unspecified atom stereocenters. The van der Waals surface area contributed by atoms with Crippen LogP contribution in [-0.4, -0.2) is 19.9 Å². The molecule has 0 aliphatic carbocycles. The van der Waals surface area contributed by atoms with Crippen molar-refractivity contribution in [3.05, 3.63) is 84.6 Å². The van der Waals surface area contributed by atoms with Gasteiger partial charge in [0.05, 0.1) is 22.9 Å². The first-order valence-corrected chi connectivity index (χ1v) is 9.91. The maximum atomic E-state index is 4.48. The molecule has 4 heteroatoms. The molecular weight excluding hydrogens is 356 g/mol. The molecular formula is C25H22N4. The number of fused-ring (bicyclic) bond motifs is 1. The summed E-state index contributed by atoms with van der Waals surface area (Å²) >= 11 is 0. The van der Waals surface area contributed by atoms with E-state index in [1.807, 2.05) is 13.1 Å². The molecule has 0 spiro atoms. The molecule has 0 radical (unpaired) electrons. The van der Waals surface area contributed by atoms with E-state index in [1.165, 1.54) is 22.3 Å². The lowest BCUT2D eigenvalue weighted by Crippen LogP contribution is -1.84. The van der Waals surface area contributed by atoms with Crippen molar-refractivity contribution in [1.29, 1.82) is 0 Å². The number of imidazole rings is 2. The molecule has 29 heavy (non-hydrogen) atoms. The Morgan fingerprint density at radius 1 is 0.724 bits per heavy atom. The highest BCUT2D eigenvalue weighted by Crippen LogP contribution is 2.28. The predicted molar refractivity (Wildman–Crippen MR) is 119 cm³/mol. The monoisotopic (exact) mass is 378 g/mol. The van der Waals surface area contributed by atoms with Gasteiger partial charge in [-0.3, -0.25) is 0 Å². The molecule has 2 heterocycles. The Balaban J connectivity index is 1.40. The van der Waals surface area contributed by atoms with E-state index < -0.39 is 0 Å². The molecule has 0 saturated carbocycles. The number of hydrogen-bond donors (Lipinski definition) is 2. The van der Waals surface area contributed by atoms with E-state index in [0.29, 0.717) is 0 Å². The van der Waals surface area contributed by atoms with Crippen LogP contribution in [0, 0.1) is 6.92 Å². The summed E-state index contributed by atoms with van der Waals surface area (Å²) in [5, 5.41) is 0. The van der Waals surface area contributed by atoms with Gasteiger partial charge in [-0.05, 0) is 46.9 Å². The van der Waals surface area contributed by atoms with Crippen molar-refractivity contribution < 1.29 is 0 Å². The average Bonchev–Trinajstić information content (AvgIpc) is 3.39. The molecule has 0 saturated heterocycles. The molecule has 3 aromatic carbocycles. The van der Waals surface area contributed by atoms with Gasteiger partial charge in [-0.2, -0.15) is 0 Å². The van der Waals surface area contributed by atoms with Gasteiger partial charge in [0.2, 0.25) is 0 Å². The summed E-state index contributed by atoms with van der Waals surface area (Å²) in [5.41, 5.74) is 9.09. The fourth-order valence-electron chi connectivity index (χ4n) is 3.70. The standard InChI is InChI=1S/C25H22N4/c1-3-25-26-15-24(29-25)20-10-8-18(9-11-20)17-4-6-19(7-5-17)21-12-13-22-23(14-21)28-16(2)27-22/h4-15H,3H2,1-2H3,(H,26,29)(H,27,28). The first-order valence-electron chi connectivity index (χ1n) is 9.91. The fourth-order valence-corrected chi connectivity index (χ4v) is 3.70. The van der Waals surface area contributed by atoms with Crippen LogP contribution in [0.1, 0.15) is 18.6 Å². The van der Waals surface area contributed by atoms with Gasteiger partial charge in [0.15, 0.2) is 0 Å². The SMILES string of the molecule is CCc1ncc(-c2ccc(-c3ccc(-c4ccc5nc(C)[nH]c5c4)cc3)cc2)[nH]1. The zero-order valence-electron chi connectivity index (χ0n) is 16.5. The number of rotatable bonds is 4. The lowest BCUT2D eigenvalue weighted by atomic mass is 9.99. The number of nitrogens with one attached hydrogen (secondary N) is 2. The summed E-state index contributed by atoms with van der Waals surface area (Å²) in [7, 11) is 0. The Bertz CT molecular complexity index is 1270. The minimum absolute atomic E-state index is 0.914. The van der Waals surface area contributed by atoms with Gasteiger partial charge in [-0.1, -0.05) is 61.5 Å². The Morgan fingerprint density at radius 3 is 1.93 bits per heavy atom. The molecule has 0 aliphatic heterocycles. The molecule has 0 fully saturated rings. The quantitative estimate of drug-likeness (QED) is 0.393. The van der Waals surface area contributed by atoms with E-state index in [-0.39, 0.29) is 0 Å². The number of nitrogens with zero attached hydrogens (tertiary/aromatic N) is 2. The van der Waals surface area contributed by atoms with Crippen molar-refractivity contribution in [1.82, 2.24) is 19.9 Å². The summed E-state index contributed by atoms with van der Waals surface area (Å²) in [6.45, 7) is 4.08. The van der Waals surface area contributed by atoms with Crippen LogP contribution in [0.5, 0.6) is 0 Å². The molecule has 0 aliphatic rings. The predicted octanol–water partition coefficient (Wildman–Crippen LogP) is 6.16. The number of benzene rings is 3. The summed E-state index contributed by atoms with van der Waals surface area (Å²) in [5.74, 6) is 1.96. The molecule has 5 aromatic rings. The van der Waals surface area contributed by atoms with E-state index in [2.05, 4.69) is 93.6 Å². The second-order valence-electron chi connectivity index (χ2n) is 7.31. The summed E-state index contributed by atoms with van der Waals surface area (Å²) in [6, 6.07) is 23.7. The lowest BCUT2D eigenvalue weighted by molar-refractivity contribution is 0.991. The Morgan fingerprint density at radius 2 is 1.31 bits per heavy atom. The minimum atomic E-state index is 0.914. The molecule has 142 valence electrons. The van der Waals surface area contributed by atoms with Crippen LogP contribution < -0.4 is 0 Å². The number of aryl methyl sites for hydroxylation is 2. The summed E-state index contributed by atoms with van der Waals surface area (Å²) < 4.78 is 0. The zero-order chi connectivity index (χ0) is 19.8. The van der Waals surface area contributed by atoms with Gasteiger partial charge in [0.25, 0.3) is 0 Å². The van der Waals surface area contributed by atoms with Gasteiger partial charge in [-0.15, -0.1) is 0 Å². The van der Waals surface area contributed by atoms with Crippen molar-refractivity contribution in [2.24, 2.45) is 0 Å². The van der Waals surface area contributed by atoms with Gasteiger partial charge in [-0.25, -0.2) is 9.97 Å². The van der Waals surface area contributed by atoms with Gasteiger partial charge >= 0.3 is 0 Å². The Hall–Kier alpha value is -3.66. The molecule has 4 nitrogen and oxygen atoms in total. The number of aromatic amines is 2. The maximum absolute atomic E-state index is 4.48. The second kappa shape index (κ2) is 7.06. The topological polar surface area (TPSA) is 57.4 Å². The number of aromatic nitrogens is 4. The van der Waals surface area contributed by atoms with E-state index in [9.17, 15) is 0 Å². The van der Waals surface area contributed by atoms with E-state index in [0.717, 1.165) is 40.4 Å². The van der Waals surface area contributed by atoms with Crippen LogP contribution in [0.2, 0.25) is 0 Å². The highest BCUT2D eigenvalue weighted by molar-refractivity contribution is 5.82. The van der Waals surface area contributed by atoms with Crippen LogP contribution in [0.3, 0.4) is 0 Å². The summed E-state index contributed by atoms with van der Waals surface area (Å²) in [4.78, 5) is 15.5. The van der Waals surface area contributed by atoms with E-state index >= 15 is 0 Å². The van der Waals surface area contributed by atoms with E-state index in [4.69, 9.17) is 0 Å². The van der Waals surface area contributed by atoms with Crippen LogP contribution >= 0.6 is 0 Å². The average molecular weight is 378 g/mol. The van der Waals surface area contributed by atoms with E-state index in [1.54, 1.807) is 0 Å². The third-order valence-electron chi connectivity index (χ3n) is 5.31. The van der Waals surface area contributed by atoms with Crippen molar-refractivity contribution in [2.75, 3.05) is 0 Å². The van der Waals surface area contributed by atoms with Crippen molar-refractivity contribution in [3.63, 3.8) is 0 Å². The number of H-pyrrole nitrogens is 2. The first-order chi connectivity index (χ1) is 14.2. The molecule has 5 rings (SSSR count). The smallest absolute Gasteiger partial charge is 0.106 e. The normalized spacial score (nSPS) is 11.2. The minimum Gasteiger partial charge on any atom is -0.342 e. The first kappa shape index (κ1) is 17.4. The van der Waals surface area contributed by atoms with Crippen molar-refractivity contribution in [2.45, 2.75) is 20.3 Å². The number of hydrogen-bond acceptors (Lipinski definition) is 2. The highest BCUT2D eigenvalue weighted by Gasteiger charge is 2.06. The third kappa shape index (κ3) is 3.34. The highest BCUT2D eigenvalue weighted by atomic mass is 14.9. The van der Waals surface area contributed by atoms with Gasteiger partial charge in [0.1, 0.15) is 11.6 Å². The molecule has 0 bridgehead atoms. The lowest BCUT2D eigenvalue weighted by Gasteiger charge is -2.06. The second-order valence-corrected chi connectivity index (χ2v) is 7.31. The Labute approximate surface area is 169 Å². The molecule has 2 N–H and O–H groups in total. The molecule has 2 aromatic heterocycles. The molecule has 0 atom stereocenters. The third-order valence-corrected chi connectivity index (χ3v) is 5.31. The van der Waals surface area contributed by atoms with Crippen LogP contribution in [0.15, 0.2) is 72.9 Å². The fraction of sp³-hybridized carbons (Fsp3) is 0.120. The van der Waals surface area contributed by atoms with Gasteiger partial charge < -0.3 is 9.97 Å². The zero-order valence-corrected chi connectivity index (χ0v) is 16.5. The van der Waals surface area contributed by atoms with Crippen LogP contribution in [0.25, 0.3) is 44.5 Å². The van der Waals surface area contributed by atoms with Crippen molar-refractivity contribution in [3.8, 4) is 33.5 Å². The molecule has 0 amide bonds. The van der Waals surface area contributed by atoms with Gasteiger partial charge in [0, 0.05) is 6.42 Å². The largest absolute Gasteiger partial charge is 0.342 e. The Kier molecular flexibility index (Phi) is 4.24.